The highest BCUT2D eigenvalue weighted by Gasteiger charge is 2.45. The van der Waals surface area contributed by atoms with Gasteiger partial charge in [-0.3, -0.25) is 0 Å². The third-order valence-corrected chi connectivity index (χ3v) is 6.33. The van der Waals surface area contributed by atoms with E-state index in [-0.39, 0.29) is 24.7 Å². The van der Waals surface area contributed by atoms with Crippen LogP contribution in [0.15, 0.2) is 36.4 Å². The average Bonchev–Trinajstić information content (AvgIpc) is 2.95. The van der Waals surface area contributed by atoms with E-state index >= 15 is 0 Å². The van der Waals surface area contributed by atoms with E-state index in [0.29, 0.717) is 28.4 Å². The fourth-order valence-electron chi connectivity index (χ4n) is 4.33. The Morgan fingerprint density at radius 1 is 0.816 bits per heavy atom. The summed E-state index contributed by atoms with van der Waals surface area (Å²) in [5.74, 6) is 1.48. The molecule has 12 nitrogen and oxygen atoms in total. The van der Waals surface area contributed by atoms with Crippen molar-refractivity contribution in [2.45, 2.75) is 42.9 Å². The van der Waals surface area contributed by atoms with Crippen LogP contribution in [0, 0.1) is 0 Å². The van der Waals surface area contributed by atoms with E-state index in [1.165, 1.54) is 20.3 Å². The lowest BCUT2D eigenvalue weighted by Crippen LogP contribution is -2.60. The Morgan fingerprint density at radius 3 is 2.21 bits per heavy atom. The van der Waals surface area contributed by atoms with Crippen LogP contribution in [0.5, 0.6) is 28.7 Å². The molecule has 0 aliphatic carbocycles. The van der Waals surface area contributed by atoms with Crippen LogP contribution in [-0.4, -0.2) is 101 Å². The van der Waals surface area contributed by atoms with E-state index in [9.17, 15) is 25.5 Å². The predicted octanol–water partition coefficient (Wildman–Crippen LogP) is -0.239. The average molecular weight is 537 g/mol. The van der Waals surface area contributed by atoms with Crippen molar-refractivity contribution in [1.82, 2.24) is 0 Å². The Labute approximate surface area is 218 Å². The van der Waals surface area contributed by atoms with Crippen LogP contribution in [0.2, 0.25) is 0 Å². The van der Waals surface area contributed by atoms with Crippen molar-refractivity contribution in [3.63, 3.8) is 0 Å². The summed E-state index contributed by atoms with van der Waals surface area (Å²) in [6.45, 7) is -1.10. The van der Waals surface area contributed by atoms with Gasteiger partial charge in [-0.05, 0) is 29.8 Å². The van der Waals surface area contributed by atoms with E-state index in [2.05, 4.69) is 0 Å². The molecule has 12 heteroatoms. The van der Waals surface area contributed by atoms with Crippen LogP contribution < -0.4 is 23.7 Å². The lowest BCUT2D eigenvalue weighted by Gasteiger charge is -2.39. The Kier molecular flexibility index (Phi) is 8.95. The number of aliphatic hydroxyl groups is 6. The lowest BCUT2D eigenvalue weighted by atomic mass is 9.99. The third kappa shape index (κ3) is 5.52. The van der Waals surface area contributed by atoms with Gasteiger partial charge in [-0.25, -0.2) is 0 Å². The molecule has 0 unspecified atom stereocenters. The standard InChI is InChI=1S/C26H32O12/c1-33-16-10-14(5-6-15(16)37-26-23(32)22(31)21(30)19(11-28)38-26)24-20(12-29)36-25-17(34-2)8-13(4-3-7-27)9-18(25)35-24/h3-6,8-10,19-24,26-32H,7,11-12H2,1-2H3/b4-3+/t19-,20+,21-,22+,23-,24+,26-/m0/s1. The van der Waals surface area contributed by atoms with E-state index in [1.54, 1.807) is 36.4 Å². The number of hydrogen-bond donors (Lipinski definition) is 6. The van der Waals surface area contributed by atoms with Crippen LogP contribution in [0.1, 0.15) is 17.2 Å². The van der Waals surface area contributed by atoms with Crippen LogP contribution in [0.25, 0.3) is 6.08 Å². The Bertz CT molecular complexity index is 1120. The maximum Gasteiger partial charge on any atom is 0.229 e. The van der Waals surface area contributed by atoms with Crippen LogP contribution in [0.4, 0.5) is 0 Å². The number of ether oxygens (including phenoxy) is 6. The molecule has 2 aromatic carbocycles. The second-order valence-electron chi connectivity index (χ2n) is 8.74. The first-order valence-electron chi connectivity index (χ1n) is 11.9. The first-order chi connectivity index (χ1) is 18.3. The smallest absolute Gasteiger partial charge is 0.229 e. The van der Waals surface area contributed by atoms with E-state index in [1.807, 2.05) is 0 Å². The minimum absolute atomic E-state index is 0.136. The molecular weight excluding hydrogens is 504 g/mol. The third-order valence-electron chi connectivity index (χ3n) is 6.33. The topological polar surface area (TPSA) is 177 Å². The fraction of sp³-hybridized carbons (Fsp3) is 0.462. The zero-order valence-corrected chi connectivity index (χ0v) is 20.8. The number of benzene rings is 2. The number of fused-ring (bicyclic) bond motifs is 1. The molecule has 7 atom stereocenters. The lowest BCUT2D eigenvalue weighted by molar-refractivity contribution is -0.277. The van der Waals surface area contributed by atoms with Gasteiger partial charge in [-0.2, -0.15) is 0 Å². The van der Waals surface area contributed by atoms with Gasteiger partial charge in [0.05, 0.1) is 34.0 Å². The Hall–Kier alpha value is -3.10. The second-order valence-corrected chi connectivity index (χ2v) is 8.74. The van der Waals surface area contributed by atoms with Gasteiger partial charge >= 0.3 is 0 Å². The highest BCUT2D eigenvalue weighted by Crippen LogP contribution is 2.47. The van der Waals surface area contributed by atoms with E-state index < -0.39 is 49.5 Å². The SMILES string of the molecule is COc1cc([C@H]2Oc3cc(/C=C/CO)cc(OC)c3O[C@@H]2CO)ccc1O[C@H]1O[C@@H](CO)[C@H](O)[C@@H](O)[C@@H]1O. The highest BCUT2D eigenvalue weighted by atomic mass is 16.7. The van der Waals surface area contributed by atoms with Crippen molar-refractivity contribution in [3.8, 4) is 28.7 Å². The first kappa shape index (κ1) is 27.9. The maximum atomic E-state index is 10.3. The van der Waals surface area contributed by atoms with Gasteiger partial charge in [0.1, 0.15) is 24.4 Å². The number of hydrogen-bond acceptors (Lipinski definition) is 12. The van der Waals surface area contributed by atoms with Crippen molar-refractivity contribution in [3.05, 3.63) is 47.5 Å². The van der Waals surface area contributed by atoms with Gasteiger partial charge in [-0.15, -0.1) is 0 Å². The quantitative estimate of drug-likeness (QED) is 0.248. The number of aliphatic hydroxyl groups excluding tert-OH is 6. The first-order valence-corrected chi connectivity index (χ1v) is 11.9. The van der Waals surface area contributed by atoms with Crippen molar-refractivity contribution < 1.29 is 59.1 Å². The molecule has 38 heavy (non-hydrogen) atoms. The van der Waals surface area contributed by atoms with Crippen LogP contribution >= 0.6 is 0 Å². The summed E-state index contributed by atoms with van der Waals surface area (Å²) in [5.41, 5.74) is 1.28. The van der Waals surface area contributed by atoms with Crippen molar-refractivity contribution in [2.75, 3.05) is 34.0 Å². The molecule has 2 aliphatic rings. The van der Waals surface area contributed by atoms with Gasteiger partial charge in [0.15, 0.2) is 35.2 Å². The summed E-state index contributed by atoms with van der Waals surface area (Å²) in [6, 6.07) is 8.23. The Balaban J connectivity index is 1.61. The van der Waals surface area contributed by atoms with Gasteiger partial charge in [-0.1, -0.05) is 18.2 Å². The maximum absolute atomic E-state index is 10.3. The molecule has 2 aromatic rings. The molecule has 1 fully saturated rings. The number of methoxy groups -OCH3 is 2. The summed E-state index contributed by atoms with van der Waals surface area (Å²) < 4.78 is 34.3. The second kappa shape index (κ2) is 12.2. The summed E-state index contributed by atoms with van der Waals surface area (Å²) in [5, 5.41) is 58.9. The normalized spacial score (nSPS) is 28.8. The van der Waals surface area contributed by atoms with Gasteiger partial charge in [0, 0.05) is 5.56 Å². The zero-order chi connectivity index (χ0) is 27.4. The zero-order valence-electron chi connectivity index (χ0n) is 20.8. The van der Waals surface area contributed by atoms with Gasteiger partial charge in [0.2, 0.25) is 12.0 Å². The fourth-order valence-corrected chi connectivity index (χ4v) is 4.33. The highest BCUT2D eigenvalue weighted by molar-refractivity contribution is 5.63. The molecule has 2 aliphatic heterocycles. The Morgan fingerprint density at radius 2 is 1.55 bits per heavy atom. The molecule has 4 rings (SSSR count). The number of rotatable bonds is 9. The van der Waals surface area contributed by atoms with Gasteiger partial charge in [0.25, 0.3) is 0 Å². The van der Waals surface area contributed by atoms with Crippen molar-refractivity contribution in [2.24, 2.45) is 0 Å². The van der Waals surface area contributed by atoms with Crippen LogP contribution in [-0.2, 0) is 4.74 Å². The van der Waals surface area contributed by atoms with Crippen LogP contribution in [0.3, 0.4) is 0 Å². The summed E-state index contributed by atoms with van der Waals surface area (Å²) >= 11 is 0. The molecule has 1 saturated heterocycles. The summed E-state index contributed by atoms with van der Waals surface area (Å²) in [6.07, 6.45) is -5.51. The minimum Gasteiger partial charge on any atom is -0.493 e. The molecule has 0 saturated carbocycles. The van der Waals surface area contributed by atoms with E-state index in [4.69, 9.17) is 33.5 Å². The molecule has 208 valence electrons. The molecular formula is C26H32O12. The van der Waals surface area contributed by atoms with Crippen molar-refractivity contribution in [1.29, 1.82) is 0 Å². The monoisotopic (exact) mass is 536 g/mol. The molecule has 0 amide bonds. The molecule has 0 radical (unpaired) electrons. The molecule has 0 aromatic heterocycles. The summed E-state index contributed by atoms with van der Waals surface area (Å²) in [7, 11) is 2.89. The van der Waals surface area contributed by atoms with E-state index in [0.717, 1.165) is 0 Å². The largest absolute Gasteiger partial charge is 0.493 e. The molecule has 2 heterocycles. The molecule has 6 N–H and O–H groups in total. The van der Waals surface area contributed by atoms with Gasteiger partial charge < -0.3 is 59.1 Å². The van der Waals surface area contributed by atoms with Crippen molar-refractivity contribution >= 4 is 6.08 Å². The minimum atomic E-state index is -1.59. The molecule has 0 bridgehead atoms. The molecule has 0 spiro atoms. The predicted molar refractivity (Wildman–Crippen MR) is 131 cm³/mol. The summed E-state index contributed by atoms with van der Waals surface area (Å²) in [4.78, 5) is 0.